The van der Waals surface area contributed by atoms with E-state index in [-0.39, 0.29) is 47.0 Å². The Bertz CT molecular complexity index is 831. The summed E-state index contributed by atoms with van der Waals surface area (Å²) in [5, 5.41) is 10.2. The van der Waals surface area contributed by atoms with Gasteiger partial charge < -0.3 is 19.6 Å². The summed E-state index contributed by atoms with van der Waals surface area (Å²) in [5.74, 6) is -1.77. The van der Waals surface area contributed by atoms with Crippen LogP contribution in [0.4, 0.5) is 0 Å². The lowest BCUT2D eigenvalue weighted by molar-refractivity contribution is -0.154. The molecule has 0 saturated carbocycles. The van der Waals surface area contributed by atoms with Crippen molar-refractivity contribution in [3.05, 3.63) is 12.7 Å². The Kier molecular flexibility index (Phi) is 8.20. The number of ether oxygens (including phenoxy) is 1. The van der Waals surface area contributed by atoms with Gasteiger partial charge in [0.2, 0.25) is 11.8 Å². The number of fused-ring (bicyclic) bond motifs is 1. The van der Waals surface area contributed by atoms with Crippen molar-refractivity contribution in [3.8, 4) is 0 Å². The number of rotatable bonds is 9. The van der Waals surface area contributed by atoms with Crippen LogP contribution in [0.25, 0.3) is 0 Å². The third kappa shape index (κ3) is 4.45. The van der Waals surface area contributed by atoms with E-state index in [1.807, 2.05) is 34.6 Å². The molecular weight excluding hydrogens is 520 g/mol. The van der Waals surface area contributed by atoms with Crippen molar-refractivity contribution >= 4 is 45.5 Å². The number of hydrogen-bond donors (Lipinski definition) is 1. The maximum atomic E-state index is 14.3. The van der Waals surface area contributed by atoms with Crippen molar-refractivity contribution in [1.29, 1.82) is 0 Å². The summed E-state index contributed by atoms with van der Waals surface area (Å²) in [6.45, 7) is 15.9. The Morgan fingerprint density at radius 1 is 1.41 bits per heavy atom. The molecule has 2 amide bonds. The summed E-state index contributed by atoms with van der Waals surface area (Å²) in [4.78, 5) is 44.9. The zero-order valence-corrected chi connectivity index (χ0v) is 23.5. The predicted octanol–water partition coefficient (Wildman–Crippen LogP) is 3.23. The highest BCUT2D eigenvalue weighted by molar-refractivity contribution is 9.09. The fourth-order valence-electron chi connectivity index (χ4n) is 6.04. The highest BCUT2D eigenvalue weighted by Crippen LogP contribution is 2.68. The molecule has 3 aliphatic rings. The van der Waals surface area contributed by atoms with Gasteiger partial charge in [-0.15, -0.1) is 18.3 Å². The number of esters is 1. The molecule has 0 aliphatic carbocycles. The number of carbonyl (C=O) groups is 3. The van der Waals surface area contributed by atoms with Gasteiger partial charge in [-0.25, -0.2) is 0 Å². The van der Waals surface area contributed by atoms with Crippen LogP contribution in [0.5, 0.6) is 0 Å². The maximum Gasteiger partial charge on any atom is 0.310 e. The van der Waals surface area contributed by atoms with E-state index in [4.69, 9.17) is 4.74 Å². The topological polar surface area (TPSA) is 87.2 Å². The third-order valence-corrected chi connectivity index (χ3v) is 10.5. The highest BCUT2D eigenvalue weighted by Gasteiger charge is 2.76. The van der Waals surface area contributed by atoms with Crippen molar-refractivity contribution in [2.45, 2.75) is 86.8 Å². The van der Waals surface area contributed by atoms with Crippen LogP contribution in [0.1, 0.15) is 54.4 Å². The second-order valence-electron chi connectivity index (χ2n) is 11.0. The van der Waals surface area contributed by atoms with Gasteiger partial charge in [0.15, 0.2) is 0 Å². The number of aliphatic hydroxyl groups is 1. The van der Waals surface area contributed by atoms with Crippen LogP contribution < -0.4 is 0 Å². The minimum absolute atomic E-state index is 0.00799. The van der Waals surface area contributed by atoms with Gasteiger partial charge in [-0.2, -0.15) is 0 Å². The van der Waals surface area contributed by atoms with Gasteiger partial charge in [-0.3, -0.25) is 14.4 Å². The summed E-state index contributed by atoms with van der Waals surface area (Å²) >= 11 is 5.35. The summed E-state index contributed by atoms with van der Waals surface area (Å²) in [5.41, 5.74) is -0.489. The van der Waals surface area contributed by atoms with E-state index in [0.29, 0.717) is 19.4 Å². The Labute approximate surface area is 216 Å². The Hall–Kier alpha value is -1.06. The number of halogens is 1. The van der Waals surface area contributed by atoms with Crippen molar-refractivity contribution in [1.82, 2.24) is 9.80 Å². The summed E-state index contributed by atoms with van der Waals surface area (Å²) in [6, 6.07) is -1.27. The van der Waals surface area contributed by atoms with E-state index in [9.17, 15) is 19.5 Å². The second kappa shape index (κ2) is 10.1. The molecule has 1 spiro atoms. The zero-order chi connectivity index (χ0) is 25.6. The lowest BCUT2D eigenvalue weighted by Crippen LogP contribution is -2.61. The molecule has 192 valence electrons. The summed E-state index contributed by atoms with van der Waals surface area (Å²) in [6.07, 6.45) is 2.88. The molecule has 3 rings (SSSR count). The fraction of sp³-hybridized carbons (Fsp3) is 0.800. The Morgan fingerprint density at radius 2 is 2.06 bits per heavy atom. The second-order valence-corrected chi connectivity index (χ2v) is 13.8. The number of likely N-dealkylation sites (tertiary alicyclic amines) is 1. The van der Waals surface area contributed by atoms with Gasteiger partial charge in [0, 0.05) is 22.2 Å². The quantitative estimate of drug-likeness (QED) is 0.265. The molecule has 9 heteroatoms. The number of carbonyl (C=O) groups excluding carboxylic acids is 3. The average molecular weight is 560 g/mol. The minimum atomic E-state index is -0.769. The number of thioether (sulfide) groups is 1. The lowest BCUT2D eigenvalue weighted by atomic mass is 9.71. The van der Waals surface area contributed by atoms with E-state index in [1.165, 1.54) is 0 Å². The molecule has 3 aliphatic heterocycles. The summed E-state index contributed by atoms with van der Waals surface area (Å²) < 4.78 is 4.65. The van der Waals surface area contributed by atoms with Gasteiger partial charge in [0.1, 0.15) is 6.04 Å². The first kappa shape index (κ1) is 27.5. The van der Waals surface area contributed by atoms with E-state index in [0.717, 1.165) is 0 Å². The van der Waals surface area contributed by atoms with Gasteiger partial charge >= 0.3 is 5.97 Å². The van der Waals surface area contributed by atoms with Crippen molar-refractivity contribution < 1.29 is 24.2 Å². The van der Waals surface area contributed by atoms with E-state index >= 15 is 0 Å². The summed E-state index contributed by atoms with van der Waals surface area (Å²) in [7, 11) is 0. The molecule has 3 fully saturated rings. The van der Waals surface area contributed by atoms with Crippen LogP contribution in [0.15, 0.2) is 12.7 Å². The first-order valence-electron chi connectivity index (χ1n) is 12.2. The number of alkyl halides is 1. The van der Waals surface area contributed by atoms with Gasteiger partial charge in [0.25, 0.3) is 0 Å². The normalized spacial score (nSPS) is 33.3. The Balaban J connectivity index is 2.16. The monoisotopic (exact) mass is 558 g/mol. The zero-order valence-electron chi connectivity index (χ0n) is 21.1. The van der Waals surface area contributed by atoms with E-state index in [2.05, 4.69) is 22.5 Å². The number of amides is 2. The molecule has 0 aromatic carbocycles. The predicted molar refractivity (Wildman–Crippen MR) is 138 cm³/mol. The fourth-order valence-corrected chi connectivity index (χ4v) is 9.62. The molecule has 0 aromatic heterocycles. The highest BCUT2D eigenvalue weighted by atomic mass is 79.9. The minimum Gasteiger partial charge on any atom is -0.466 e. The smallest absolute Gasteiger partial charge is 0.310 e. The Morgan fingerprint density at radius 3 is 2.56 bits per heavy atom. The van der Waals surface area contributed by atoms with Crippen LogP contribution in [0.3, 0.4) is 0 Å². The molecule has 2 bridgehead atoms. The van der Waals surface area contributed by atoms with E-state index < -0.39 is 34.2 Å². The molecule has 34 heavy (non-hydrogen) atoms. The van der Waals surface area contributed by atoms with Crippen LogP contribution in [0.2, 0.25) is 0 Å². The molecule has 7 atom stereocenters. The first-order chi connectivity index (χ1) is 15.8. The number of nitrogens with zero attached hydrogens (tertiary/aromatic N) is 2. The standard InChI is InChI=1S/C25H39BrN2O5S/c1-8-10-27(24(5,6)7)22(31)20-25-12-16(26)19(34-25)17(23(32)33-9-2)18(25)21(30)28(20)15(13-29)11-14(3)4/h8,14-20,29H,1,9-13H2,2-7H3/t15-,16?,17+,18+,19+,20?,25?/m1/s1. The molecule has 0 aromatic rings. The molecule has 7 nitrogen and oxygen atoms in total. The molecule has 3 saturated heterocycles. The van der Waals surface area contributed by atoms with Crippen LogP contribution in [-0.2, 0) is 19.1 Å². The number of aliphatic hydroxyl groups excluding tert-OH is 1. The molecule has 1 N–H and O–H groups in total. The lowest BCUT2D eigenvalue weighted by Gasteiger charge is -2.44. The molecular formula is C25H39BrN2O5S. The van der Waals surface area contributed by atoms with Crippen LogP contribution >= 0.6 is 27.7 Å². The van der Waals surface area contributed by atoms with Gasteiger partial charge in [-0.1, -0.05) is 35.9 Å². The largest absolute Gasteiger partial charge is 0.466 e. The van der Waals surface area contributed by atoms with Crippen LogP contribution in [0, 0.1) is 17.8 Å². The number of hydrogen-bond acceptors (Lipinski definition) is 6. The van der Waals surface area contributed by atoms with Crippen molar-refractivity contribution in [2.24, 2.45) is 17.8 Å². The molecule has 3 unspecified atom stereocenters. The van der Waals surface area contributed by atoms with Crippen molar-refractivity contribution in [3.63, 3.8) is 0 Å². The van der Waals surface area contributed by atoms with Gasteiger partial charge in [0.05, 0.1) is 35.8 Å². The van der Waals surface area contributed by atoms with Gasteiger partial charge in [-0.05, 0) is 46.5 Å². The SMILES string of the molecule is C=CCN(C(=O)C1N([C@@H](CO)CC(C)C)C(=O)[C@@H]2[C@H](C(=O)OCC)[C@H]3SC12CC3Br)C(C)(C)C. The van der Waals surface area contributed by atoms with E-state index in [1.54, 1.807) is 34.6 Å². The molecule has 0 radical (unpaired) electrons. The maximum absolute atomic E-state index is 14.3. The first-order valence-corrected chi connectivity index (χ1v) is 14.0. The van der Waals surface area contributed by atoms with Crippen molar-refractivity contribution in [2.75, 3.05) is 19.8 Å². The molecule has 3 heterocycles. The third-order valence-electron chi connectivity index (χ3n) is 7.25. The van der Waals surface area contributed by atoms with Crippen LogP contribution in [-0.4, -0.2) is 84.9 Å². The average Bonchev–Trinajstić information content (AvgIpc) is 3.32.